The van der Waals surface area contributed by atoms with E-state index in [1.807, 2.05) is 36.1 Å². The number of nitrogens with zero attached hydrogens (tertiary/aromatic N) is 5. The third-order valence-corrected chi connectivity index (χ3v) is 6.29. The normalized spacial score (nSPS) is 18.2. The number of halogens is 1. The Hall–Kier alpha value is -2.34. The molecule has 2 aliphatic heterocycles. The van der Waals surface area contributed by atoms with Crippen LogP contribution in [0.25, 0.3) is 0 Å². The number of carbonyl (C=O) groups excluding carboxylic acids is 1. The fourth-order valence-electron chi connectivity index (χ4n) is 4.27. The fourth-order valence-corrected chi connectivity index (χ4v) is 4.43. The second-order valence-corrected chi connectivity index (χ2v) is 8.47. The summed E-state index contributed by atoms with van der Waals surface area (Å²) in [6.45, 7) is 9.01. The van der Waals surface area contributed by atoms with Gasteiger partial charge in [-0.15, -0.1) is 5.10 Å². The Labute approximate surface area is 177 Å². The largest absolute Gasteiger partial charge is 0.368 e. The maximum atomic E-state index is 13.0. The third-order valence-electron chi connectivity index (χ3n) is 6.06. The molecule has 6 nitrogen and oxygen atoms in total. The molecular weight excluding hydrogens is 386 g/mol. The molecule has 0 saturated carbocycles. The number of amides is 1. The molecule has 7 heteroatoms. The summed E-state index contributed by atoms with van der Waals surface area (Å²) in [4.78, 5) is 19.7. The van der Waals surface area contributed by atoms with E-state index in [0.29, 0.717) is 5.91 Å². The smallest absolute Gasteiger partial charge is 0.225 e. The van der Waals surface area contributed by atoms with Gasteiger partial charge in [-0.1, -0.05) is 17.7 Å². The van der Waals surface area contributed by atoms with Crippen molar-refractivity contribution in [3.63, 3.8) is 0 Å². The lowest BCUT2D eigenvalue weighted by Gasteiger charge is -2.40. The van der Waals surface area contributed by atoms with Gasteiger partial charge >= 0.3 is 0 Å². The minimum absolute atomic E-state index is 0.115. The van der Waals surface area contributed by atoms with Gasteiger partial charge in [-0.05, 0) is 56.5 Å². The molecule has 154 valence electrons. The van der Waals surface area contributed by atoms with Gasteiger partial charge in [-0.25, -0.2) is 0 Å². The molecule has 1 aromatic carbocycles. The molecule has 0 spiro atoms. The highest BCUT2D eigenvalue weighted by Gasteiger charge is 2.31. The maximum absolute atomic E-state index is 13.0. The molecule has 3 heterocycles. The maximum Gasteiger partial charge on any atom is 0.225 e. The Morgan fingerprint density at radius 2 is 1.66 bits per heavy atom. The number of rotatable bonds is 3. The molecule has 0 bridgehead atoms. The van der Waals surface area contributed by atoms with Crippen LogP contribution in [-0.4, -0.2) is 60.3 Å². The number of benzene rings is 1. The fraction of sp³-hybridized carbons (Fsp3) is 0.500. The quantitative estimate of drug-likeness (QED) is 0.772. The summed E-state index contributed by atoms with van der Waals surface area (Å²) in [5.41, 5.74) is 3.32. The molecule has 29 heavy (non-hydrogen) atoms. The van der Waals surface area contributed by atoms with E-state index in [0.717, 1.165) is 68.6 Å². The number of aromatic nitrogens is 2. The second-order valence-electron chi connectivity index (χ2n) is 8.04. The first-order valence-corrected chi connectivity index (χ1v) is 10.7. The lowest BCUT2D eigenvalue weighted by molar-refractivity contribution is -0.136. The molecular formula is C22H28ClN5O. The van der Waals surface area contributed by atoms with Crippen molar-refractivity contribution in [1.29, 1.82) is 0 Å². The average molecular weight is 414 g/mol. The molecule has 0 radical (unpaired) electrons. The highest BCUT2D eigenvalue weighted by molar-refractivity contribution is 6.30. The monoisotopic (exact) mass is 413 g/mol. The van der Waals surface area contributed by atoms with Gasteiger partial charge in [0.25, 0.3) is 0 Å². The second kappa shape index (κ2) is 8.57. The van der Waals surface area contributed by atoms with E-state index in [4.69, 9.17) is 11.6 Å². The van der Waals surface area contributed by atoms with E-state index in [1.54, 1.807) is 0 Å². The summed E-state index contributed by atoms with van der Waals surface area (Å²) < 4.78 is 0. The van der Waals surface area contributed by atoms with Crippen LogP contribution in [0.15, 0.2) is 30.3 Å². The van der Waals surface area contributed by atoms with E-state index in [9.17, 15) is 4.79 Å². The van der Waals surface area contributed by atoms with Crippen LogP contribution >= 0.6 is 11.6 Å². The van der Waals surface area contributed by atoms with Crippen molar-refractivity contribution in [3.05, 3.63) is 46.6 Å². The summed E-state index contributed by atoms with van der Waals surface area (Å²) in [6, 6.07) is 10.0. The van der Waals surface area contributed by atoms with Crippen molar-refractivity contribution in [2.75, 3.05) is 49.1 Å². The van der Waals surface area contributed by atoms with Crippen molar-refractivity contribution in [1.82, 2.24) is 15.1 Å². The lowest BCUT2D eigenvalue weighted by Crippen LogP contribution is -2.52. The van der Waals surface area contributed by atoms with Crippen LogP contribution in [0, 0.1) is 19.8 Å². The van der Waals surface area contributed by atoms with Gasteiger partial charge in [-0.2, -0.15) is 5.10 Å². The number of hydrogen-bond acceptors (Lipinski definition) is 5. The van der Waals surface area contributed by atoms with Crippen LogP contribution in [0.1, 0.15) is 24.1 Å². The van der Waals surface area contributed by atoms with Gasteiger partial charge < -0.3 is 14.7 Å². The first kappa shape index (κ1) is 20.0. The SMILES string of the molecule is Cc1ccc(N2CCC(C(=O)N3CCN(c4cc(Cl)ccc4C)CC3)CC2)nn1. The Morgan fingerprint density at radius 1 is 0.931 bits per heavy atom. The Morgan fingerprint density at radius 3 is 2.31 bits per heavy atom. The molecule has 4 rings (SSSR count). The van der Waals surface area contributed by atoms with Gasteiger partial charge in [-0.3, -0.25) is 4.79 Å². The molecule has 2 fully saturated rings. The summed E-state index contributed by atoms with van der Waals surface area (Å²) in [6.07, 6.45) is 1.75. The van der Waals surface area contributed by atoms with Crippen LogP contribution in [-0.2, 0) is 4.79 Å². The molecule has 0 N–H and O–H groups in total. The number of anilines is 2. The zero-order chi connectivity index (χ0) is 20.4. The molecule has 2 aromatic rings. The zero-order valence-electron chi connectivity index (χ0n) is 17.1. The highest BCUT2D eigenvalue weighted by Crippen LogP contribution is 2.27. The van der Waals surface area contributed by atoms with Crippen LogP contribution in [0.5, 0.6) is 0 Å². The van der Waals surface area contributed by atoms with Crippen molar-refractivity contribution >= 4 is 29.0 Å². The summed E-state index contributed by atoms with van der Waals surface area (Å²) in [7, 11) is 0. The zero-order valence-corrected chi connectivity index (χ0v) is 17.9. The summed E-state index contributed by atoms with van der Waals surface area (Å²) in [5.74, 6) is 1.33. The van der Waals surface area contributed by atoms with E-state index < -0.39 is 0 Å². The summed E-state index contributed by atoms with van der Waals surface area (Å²) >= 11 is 6.18. The Kier molecular flexibility index (Phi) is 5.90. The van der Waals surface area contributed by atoms with Gasteiger partial charge in [0.05, 0.1) is 5.69 Å². The van der Waals surface area contributed by atoms with Crippen LogP contribution in [0.4, 0.5) is 11.5 Å². The van der Waals surface area contributed by atoms with E-state index in [2.05, 4.69) is 33.0 Å². The van der Waals surface area contributed by atoms with Crippen LogP contribution < -0.4 is 9.80 Å². The van der Waals surface area contributed by atoms with Crippen molar-refractivity contribution in [2.24, 2.45) is 5.92 Å². The standard InChI is InChI=1S/C22H28ClN5O/c1-16-3-5-19(23)15-20(16)26-11-13-28(14-12-26)22(29)18-7-9-27(10-8-18)21-6-4-17(2)24-25-21/h3-6,15,18H,7-14H2,1-2H3. The Bertz CT molecular complexity index is 856. The average Bonchev–Trinajstić information content (AvgIpc) is 2.76. The van der Waals surface area contributed by atoms with E-state index in [1.165, 1.54) is 11.3 Å². The number of aryl methyl sites for hydroxylation is 2. The first-order chi connectivity index (χ1) is 14.0. The number of piperidine rings is 1. The number of carbonyl (C=O) groups is 1. The molecule has 2 saturated heterocycles. The van der Waals surface area contributed by atoms with E-state index >= 15 is 0 Å². The van der Waals surface area contributed by atoms with Gasteiger partial charge in [0.1, 0.15) is 0 Å². The molecule has 1 aromatic heterocycles. The third kappa shape index (κ3) is 4.47. The van der Waals surface area contributed by atoms with Crippen molar-refractivity contribution < 1.29 is 4.79 Å². The molecule has 2 aliphatic rings. The minimum Gasteiger partial charge on any atom is -0.368 e. The van der Waals surface area contributed by atoms with E-state index in [-0.39, 0.29) is 5.92 Å². The van der Waals surface area contributed by atoms with Gasteiger partial charge in [0, 0.05) is 55.9 Å². The Balaban J connectivity index is 1.30. The topological polar surface area (TPSA) is 52.6 Å². The van der Waals surface area contributed by atoms with Crippen molar-refractivity contribution in [2.45, 2.75) is 26.7 Å². The molecule has 1 amide bonds. The van der Waals surface area contributed by atoms with Gasteiger partial charge in [0.15, 0.2) is 5.82 Å². The number of piperazine rings is 1. The van der Waals surface area contributed by atoms with Crippen LogP contribution in [0.2, 0.25) is 5.02 Å². The highest BCUT2D eigenvalue weighted by atomic mass is 35.5. The lowest BCUT2D eigenvalue weighted by atomic mass is 9.95. The minimum atomic E-state index is 0.115. The molecule has 0 unspecified atom stereocenters. The van der Waals surface area contributed by atoms with Crippen molar-refractivity contribution in [3.8, 4) is 0 Å². The predicted octanol–water partition coefficient (Wildman–Crippen LogP) is 3.31. The molecule has 0 atom stereocenters. The van der Waals surface area contributed by atoms with Crippen LogP contribution in [0.3, 0.4) is 0 Å². The number of hydrogen-bond donors (Lipinski definition) is 0. The van der Waals surface area contributed by atoms with Gasteiger partial charge in [0.2, 0.25) is 5.91 Å². The predicted molar refractivity (Wildman–Crippen MR) is 117 cm³/mol. The molecule has 0 aliphatic carbocycles. The first-order valence-electron chi connectivity index (χ1n) is 10.4. The summed E-state index contributed by atoms with van der Waals surface area (Å²) in [5, 5.41) is 9.18.